The molecule has 1 aromatic carbocycles. The molecule has 0 aliphatic heterocycles. The van der Waals surface area contributed by atoms with Crippen molar-refractivity contribution in [2.24, 2.45) is 0 Å². The maximum Gasteiger partial charge on any atom is 0.264 e. The number of halogens is 1. The van der Waals surface area contributed by atoms with Crippen LogP contribution in [0.4, 0.5) is 4.39 Å². The van der Waals surface area contributed by atoms with Gasteiger partial charge in [-0.25, -0.2) is 9.37 Å². The average molecular weight is 266 g/mol. The summed E-state index contributed by atoms with van der Waals surface area (Å²) in [5, 5.41) is 9.63. The van der Waals surface area contributed by atoms with E-state index >= 15 is 0 Å². The molecule has 0 saturated heterocycles. The predicted molar refractivity (Wildman–Crippen MR) is 68.5 cm³/mol. The molecule has 0 unspecified atom stereocenters. The fraction of sp³-hybridized carbons (Fsp3) is 0.385. The van der Waals surface area contributed by atoms with Crippen LogP contribution in [-0.2, 0) is 11.3 Å². The van der Waals surface area contributed by atoms with Gasteiger partial charge < -0.3 is 9.84 Å². The smallest absolute Gasteiger partial charge is 0.264 e. The van der Waals surface area contributed by atoms with E-state index < -0.39 is 17.5 Å². The van der Waals surface area contributed by atoms with Crippen molar-refractivity contribution in [3.05, 3.63) is 40.7 Å². The van der Waals surface area contributed by atoms with E-state index in [4.69, 9.17) is 4.74 Å². The summed E-state index contributed by atoms with van der Waals surface area (Å²) in [7, 11) is 0. The van der Waals surface area contributed by atoms with Gasteiger partial charge in [0.25, 0.3) is 5.56 Å². The highest BCUT2D eigenvalue weighted by atomic mass is 19.1. The van der Waals surface area contributed by atoms with E-state index in [1.54, 1.807) is 6.07 Å². The summed E-state index contributed by atoms with van der Waals surface area (Å²) in [5.74, 6) is -0.608. The molecular formula is C13H15FN2O3. The molecule has 1 N–H and O–H groups in total. The SMILES string of the molecule is CCOC[C@H](O)Cn1cnc2cccc(F)c2c1=O. The van der Waals surface area contributed by atoms with E-state index in [-0.39, 0.29) is 18.5 Å². The molecule has 102 valence electrons. The molecular weight excluding hydrogens is 251 g/mol. The molecule has 1 heterocycles. The Morgan fingerprint density at radius 2 is 2.32 bits per heavy atom. The zero-order valence-corrected chi connectivity index (χ0v) is 10.5. The summed E-state index contributed by atoms with van der Waals surface area (Å²) in [6.45, 7) is 2.44. The van der Waals surface area contributed by atoms with Crippen molar-refractivity contribution in [2.75, 3.05) is 13.2 Å². The van der Waals surface area contributed by atoms with Crippen LogP contribution < -0.4 is 5.56 Å². The number of fused-ring (bicyclic) bond motifs is 1. The van der Waals surface area contributed by atoms with Crippen molar-refractivity contribution in [3.8, 4) is 0 Å². The zero-order chi connectivity index (χ0) is 13.8. The van der Waals surface area contributed by atoms with E-state index in [1.807, 2.05) is 6.92 Å². The van der Waals surface area contributed by atoms with Gasteiger partial charge in [0.2, 0.25) is 0 Å². The van der Waals surface area contributed by atoms with Crippen LogP contribution in [0, 0.1) is 5.82 Å². The Morgan fingerprint density at radius 3 is 3.05 bits per heavy atom. The van der Waals surface area contributed by atoms with Gasteiger partial charge in [-0.3, -0.25) is 9.36 Å². The number of aliphatic hydroxyl groups excluding tert-OH is 1. The first-order valence-corrected chi connectivity index (χ1v) is 6.03. The number of aliphatic hydroxyl groups is 1. The number of hydrogen-bond donors (Lipinski definition) is 1. The molecule has 6 heteroatoms. The van der Waals surface area contributed by atoms with Crippen molar-refractivity contribution in [1.82, 2.24) is 9.55 Å². The Hall–Kier alpha value is -1.79. The first-order valence-electron chi connectivity index (χ1n) is 6.03. The highest BCUT2D eigenvalue weighted by Crippen LogP contribution is 2.10. The molecule has 2 rings (SSSR count). The van der Waals surface area contributed by atoms with Gasteiger partial charge in [0.15, 0.2) is 0 Å². The Labute approximate surface area is 109 Å². The van der Waals surface area contributed by atoms with Crippen LogP contribution in [0.2, 0.25) is 0 Å². The Morgan fingerprint density at radius 1 is 1.53 bits per heavy atom. The third-order valence-electron chi connectivity index (χ3n) is 2.72. The minimum atomic E-state index is -0.830. The molecule has 0 radical (unpaired) electrons. The van der Waals surface area contributed by atoms with Gasteiger partial charge in [0, 0.05) is 6.61 Å². The Bertz CT molecular complexity index is 627. The monoisotopic (exact) mass is 266 g/mol. The average Bonchev–Trinajstić information content (AvgIpc) is 2.40. The predicted octanol–water partition coefficient (Wildman–Crippen LogP) is 0.933. The molecule has 0 aliphatic carbocycles. The molecule has 5 nitrogen and oxygen atoms in total. The van der Waals surface area contributed by atoms with Gasteiger partial charge in [-0.05, 0) is 19.1 Å². The van der Waals surface area contributed by atoms with E-state index in [0.717, 1.165) is 0 Å². The Balaban J connectivity index is 2.33. The third-order valence-corrected chi connectivity index (χ3v) is 2.72. The highest BCUT2D eigenvalue weighted by molar-refractivity contribution is 5.77. The van der Waals surface area contributed by atoms with E-state index in [2.05, 4.69) is 4.98 Å². The number of benzene rings is 1. The number of aromatic nitrogens is 2. The molecule has 0 saturated carbocycles. The summed E-state index contributed by atoms with van der Waals surface area (Å²) in [5.41, 5.74) is -0.195. The minimum absolute atomic E-state index is 0.0239. The number of hydrogen-bond acceptors (Lipinski definition) is 4. The van der Waals surface area contributed by atoms with Crippen LogP contribution in [0.25, 0.3) is 10.9 Å². The summed E-state index contributed by atoms with van der Waals surface area (Å²) in [4.78, 5) is 16.1. The van der Waals surface area contributed by atoms with Gasteiger partial charge >= 0.3 is 0 Å². The largest absolute Gasteiger partial charge is 0.389 e. The zero-order valence-electron chi connectivity index (χ0n) is 10.5. The molecule has 1 atom stereocenters. The van der Waals surface area contributed by atoms with Gasteiger partial charge in [-0.15, -0.1) is 0 Å². The second-order valence-electron chi connectivity index (χ2n) is 4.15. The van der Waals surface area contributed by atoms with Crippen molar-refractivity contribution in [2.45, 2.75) is 19.6 Å². The van der Waals surface area contributed by atoms with Gasteiger partial charge in [0.1, 0.15) is 11.2 Å². The number of rotatable bonds is 5. The summed E-state index contributed by atoms with van der Waals surface area (Å²) in [6, 6.07) is 4.28. The topological polar surface area (TPSA) is 64.3 Å². The Kier molecular flexibility index (Phi) is 4.24. The molecule has 19 heavy (non-hydrogen) atoms. The standard InChI is InChI=1S/C13H15FN2O3/c1-2-19-7-9(17)6-16-8-15-11-5-3-4-10(14)12(11)13(16)18/h3-5,8-9,17H,2,6-7H2,1H3/t9-/m1/s1. The summed E-state index contributed by atoms with van der Waals surface area (Å²) in [6.07, 6.45) is 0.475. The molecule has 0 aliphatic rings. The summed E-state index contributed by atoms with van der Waals surface area (Å²) < 4.78 is 19.9. The lowest BCUT2D eigenvalue weighted by molar-refractivity contribution is 0.0329. The molecule has 0 amide bonds. The lowest BCUT2D eigenvalue weighted by Gasteiger charge is -2.12. The molecule has 0 spiro atoms. The second kappa shape index (κ2) is 5.90. The fourth-order valence-electron chi connectivity index (χ4n) is 1.82. The van der Waals surface area contributed by atoms with E-state index in [9.17, 15) is 14.3 Å². The third kappa shape index (κ3) is 2.97. The lowest BCUT2D eigenvalue weighted by atomic mass is 10.2. The quantitative estimate of drug-likeness (QED) is 0.874. The maximum atomic E-state index is 13.6. The number of ether oxygens (including phenoxy) is 1. The van der Waals surface area contributed by atoms with Crippen LogP contribution in [0.5, 0.6) is 0 Å². The van der Waals surface area contributed by atoms with Crippen LogP contribution in [0.15, 0.2) is 29.3 Å². The van der Waals surface area contributed by atoms with Crippen molar-refractivity contribution < 1.29 is 14.2 Å². The van der Waals surface area contributed by atoms with Gasteiger partial charge in [0.05, 0.1) is 31.1 Å². The maximum absolute atomic E-state index is 13.6. The molecule has 1 aromatic heterocycles. The van der Waals surface area contributed by atoms with Crippen LogP contribution in [0.3, 0.4) is 0 Å². The van der Waals surface area contributed by atoms with E-state index in [1.165, 1.54) is 23.0 Å². The first-order chi connectivity index (χ1) is 9.13. The number of nitrogens with zero attached hydrogens (tertiary/aromatic N) is 2. The normalized spacial score (nSPS) is 12.8. The van der Waals surface area contributed by atoms with Crippen LogP contribution in [-0.4, -0.2) is 34.0 Å². The summed E-state index contributed by atoms with van der Waals surface area (Å²) >= 11 is 0. The minimum Gasteiger partial charge on any atom is -0.389 e. The van der Waals surface area contributed by atoms with Crippen molar-refractivity contribution in [3.63, 3.8) is 0 Å². The fourth-order valence-corrected chi connectivity index (χ4v) is 1.82. The van der Waals surface area contributed by atoms with E-state index in [0.29, 0.717) is 12.1 Å². The molecule has 0 bridgehead atoms. The van der Waals surface area contributed by atoms with Crippen molar-refractivity contribution in [1.29, 1.82) is 0 Å². The van der Waals surface area contributed by atoms with Crippen LogP contribution in [0.1, 0.15) is 6.92 Å². The highest BCUT2D eigenvalue weighted by Gasteiger charge is 2.11. The second-order valence-corrected chi connectivity index (χ2v) is 4.15. The first kappa shape index (κ1) is 13.6. The molecule has 2 aromatic rings. The van der Waals surface area contributed by atoms with Crippen LogP contribution >= 0.6 is 0 Å². The molecule has 0 fully saturated rings. The van der Waals surface area contributed by atoms with Gasteiger partial charge in [-0.1, -0.05) is 6.07 Å². The lowest BCUT2D eigenvalue weighted by Crippen LogP contribution is -2.30. The van der Waals surface area contributed by atoms with Crippen molar-refractivity contribution >= 4 is 10.9 Å². The van der Waals surface area contributed by atoms with Gasteiger partial charge in [-0.2, -0.15) is 0 Å².